The average molecular weight is 419 g/mol. The zero-order valence-corrected chi connectivity index (χ0v) is 17.2. The number of nitrogens with one attached hydrogen (secondary N) is 2. The number of carbonyl (C=O) groups excluding carboxylic acids is 1. The van der Waals surface area contributed by atoms with Crippen molar-refractivity contribution in [2.24, 2.45) is 7.05 Å². The molecule has 1 fully saturated rings. The molecular weight excluding hydrogens is 398 g/mol. The van der Waals surface area contributed by atoms with Crippen LogP contribution in [0.1, 0.15) is 12.0 Å². The van der Waals surface area contributed by atoms with E-state index in [0.717, 1.165) is 29.7 Å². The molecule has 2 N–H and O–H groups in total. The van der Waals surface area contributed by atoms with Crippen molar-refractivity contribution < 1.29 is 9.53 Å². The van der Waals surface area contributed by atoms with Crippen LogP contribution in [0.25, 0.3) is 10.9 Å². The maximum Gasteiger partial charge on any atom is 0.248 e. The van der Waals surface area contributed by atoms with Crippen molar-refractivity contribution in [2.45, 2.75) is 12.5 Å². The topological polar surface area (TPSA) is 134 Å². The van der Waals surface area contributed by atoms with E-state index in [1.54, 1.807) is 10.9 Å². The molecule has 1 atom stereocenters. The third-order valence-corrected chi connectivity index (χ3v) is 5.06. The minimum absolute atomic E-state index is 0.115. The van der Waals surface area contributed by atoms with E-state index in [0.29, 0.717) is 23.9 Å². The predicted molar refractivity (Wildman–Crippen MR) is 115 cm³/mol. The van der Waals surface area contributed by atoms with Gasteiger partial charge in [0.15, 0.2) is 5.82 Å². The summed E-state index contributed by atoms with van der Waals surface area (Å²) in [6.07, 6.45) is 5.23. The summed E-state index contributed by atoms with van der Waals surface area (Å²) in [5, 5.41) is 20.2. The summed E-state index contributed by atoms with van der Waals surface area (Å²) in [4.78, 5) is 26.8. The van der Waals surface area contributed by atoms with Crippen LogP contribution in [0.4, 0.5) is 17.6 Å². The van der Waals surface area contributed by atoms with Crippen LogP contribution in [0, 0.1) is 11.3 Å². The lowest BCUT2D eigenvalue weighted by molar-refractivity contribution is -0.111. The van der Waals surface area contributed by atoms with Gasteiger partial charge in [-0.25, -0.2) is 9.97 Å². The lowest BCUT2D eigenvalue weighted by Crippen LogP contribution is -2.27. The van der Waals surface area contributed by atoms with Crippen LogP contribution in [-0.4, -0.2) is 56.9 Å². The second-order valence-corrected chi connectivity index (χ2v) is 7.03. The highest BCUT2D eigenvalue weighted by molar-refractivity contribution is 6.04. The van der Waals surface area contributed by atoms with Crippen LogP contribution < -0.4 is 20.3 Å². The molecule has 1 saturated heterocycles. The fraction of sp³-hybridized carbons (Fsp3) is 0.300. The lowest BCUT2D eigenvalue weighted by atomic mass is 10.3. The fourth-order valence-corrected chi connectivity index (χ4v) is 3.51. The number of nitriles is 1. The number of anilines is 3. The molecule has 1 unspecified atom stereocenters. The standard InChI is InChI=1S/C20H21N9O2/c1-4-17(30)25-18-14-10-22-16(7-15(14)28(2)27-18)29-6-5-13(11-29)24-20-23-9-12(8-21)19(26-20)31-3/h4,7,9-10,13H,1,5-6,11H2,2-3H3,(H,23,24,26)(H,25,27,30). The van der Waals surface area contributed by atoms with Gasteiger partial charge in [-0.05, 0) is 12.5 Å². The molecule has 0 radical (unpaired) electrons. The Morgan fingerprint density at radius 3 is 3.00 bits per heavy atom. The van der Waals surface area contributed by atoms with Gasteiger partial charge in [0, 0.05) is 38.4 Å². The van der Waals surface area contributed by atoms with Crippen molar-refractivity contribution in [3.05, 3.63) is 36.7 Å². The fourth-order valence-electron chi connectivity index (χ4n) is 3.51. The molecule has 4 heterocycles. The van der Waals surface area contributed by atoms with E-state index in [2.05, 4.69) is 42.2 Å². The zero-order chi connectivity index (χ0) is 22.0. The van der Waals surface area contributed by atoms with E-state index in [1.807, 2.05) is 19.2 Å². The van der Waals surface area contributed by atoms with E-state index in [-0.39, 0.29) is 17.8 Å². The number of methoxy groups -OCH3 is 1. The number of nitrogens with zero attached hydrogens (tertiary/aromatic N) is 7. The molecule has 1 aliphatic rings. The first-order chi connectivity index (χ1) is 15.0. The van der Waals surface area contributed by atoms with Gasteiger partial charge in [-0.2, -0.15) is 15.3 Å². The number of hydrogen-bond donors (Lipinski definition) is 2. The molecule has 0 bridgehead atoms. The summed E-state index contributed by atoms with van der Waals surface area (Å²) in [6.45, 7) is 4.98. The highest BCUT2D eigenvalue weighted by Gasteiger charge is 2.25. The van der Waals surface area contributed by atoms with Crippen molar-refractivity contribution in [1.29, 1.82) is 5.26 Å². The summed E-state index contributed by atoms with van der Waals surface area (Å²) in [6, 6.07) is 4.07. The van der Waals surface area contributed by atoms with Gasteiger partial charge in [-0.1, -0.05) is 6.58 Å². The van der Waals surface area contributed by atoms with E-state index >= 15 is 0 Å². The molecule has 11 heteroatoms. The number of hydrogen-bond acceptors (Lipinski definition) is 9. The Labute approximate surface area is 178 Å². The molecule has 1 amide bonds. The third-order valence-electron chi connectivity index (χ3n) is 5.06. The second kappa shape index (κ2) is 8.27. The number of rotatable bonds is 6. The minimum atomic E-state index is -0.320. The molecule has 11 nitrogen and oxygen atoms in total. The maximum absolute atomic E-state index is 11.6. The lowest BCUT2D eigenvalue weighted by Gasteiger charge is -2.18. The van der Waals surface area contributed by atoms with Gasteiger partial charge in [0.1, 0.15) is 17.5 Å². The molecule has 1 aliphatic heterocycles. The molecule has 158 valence electrons. The Bertz CT molecular complexity index is 1200. The smallest absolute Gasteiger partial charge is 0.248 e. The summed E-state index contributed by atoms with van der Waals surface area (Å²) in [5.74, 6) is 1.62. The van der Waals surface area contributed by atoms with Crippen molar-refractivity contribution in [3.63, 3.8) is 0 Å². The van der Waals surface area contributed by atoms with Crippen LogP contribution in [0.2, 0.25) is 0 Å². The van der Waals surface area contributed by atoms with Crippen LogP contribution in [0.15, 0.2) is 31.1 Å². The van der Waals surface area contributed by atoms with Gasteiger partial charge in [0.05, 0.1) is 24.2 Å². The SMILES string of the molecule is C=CC(=O)Nc1nn(C)c2cc(N3CCC(Nc4ncc(C#N)c(OC)n4)C3)ncc12. The van der Waals surface area contributed by atoms with Crippen LogP contribution >= 0.6 is 0 Å². The normalized spacial score (nSPS) is 15.5. The molecule has 31 heavy (non-hydrogen) atoms. The van der Waals surface area contributed by atoms with Gasteiger partial charge in [0.2, 0.25) is 17.7 Å². The zero-order valence-electron chi connectivity index (χ0n) is 17.2. The van der Waals surface area contributed by atoms with Gasteiger partial charge >= 0.3 is 0 Å². The molecule has 0 spiro atoms. The Balaban J connectivity index is 1.49. The number of pyridine rings is 1. The molecule has 3 aromatic heterocycles. The third kappa shape index (κ3) is 3.95. The average Bonchev–Trinajstić information content (AvgIpc) is 3.37. The number of ether oxygens (including phenoxy) is 1. The molecule has 0 aromatic carbocycles. The first kappa shape index (κ1) is 20.1. The molecule has 3 aromatic rings. The number of aryl methyl sites for hydroxylation is 1. The number of aromatic nitrogens is 5. The molecular formula is C20H21N9O2. The Morgan fingerprint density at radius 1 is 1.42 bits per heavy atom. The van der Waals surface area contributed by atoms with Crippen molar-refractivity contribution in [3.8, 4) is 11.9 Å². The minimum Gasteiger partial charge on any atom is -0.480 e. The summed E-state index contributed by atoms with van der Waals surface area (Å²) in [7, 11) is 3.29. The Morgan fingerprint density at radius 2 is 2.26 bits per heavy atom. The molecule has 4 rings (SSSR count). The van der Waals surface area contributed by atoms with Crippen molar-refractivity contribution >= 4 is 34.4 Å². The molecule has 0 saturated carbocycles. The largest absolute Gasteiger partial charge is 0.480 e. The molecule has 0 aliphatic carbocycles. The first-order valence-corrected chi connectivity index (χ1v) is 9.61. The number of fused-ring (bicyclic) bond motifs is 1. The van der Waals surface area contributed by atoms with Gasteiger partial charge in [-0.3, -0.25) is 9.48 Å². The van der Waals surface area contributed by atoms with Crippen LogP contribution in [0.3, 0.4) is 0 Å². The number of amides is 1. The summed E-state index contributed by atoms with van der Waals surface area (Å²) < 4.78 is 6.85. The monoisotopic (exact) mass is 419 g/mol. The van der Waals surface area contributed by atoms with E-state index in [4.69, 9.17) is 10.00 Å². The Kier molecular flexibility index (Phi) is 5.36. The van der Waals surface area contributed by atoms with Gasteiger partial charge in [-0.15, -0.1) is 0 Å². The highest BCUT2D eigenvalue weighted by Crippen LogP contribution is 2.27. The summed E-state index contributed by atoms with van der Waals surface area (Å²) in [5.41, 5.74) is 1.15. The maximum atomic E-state index is 11.6. The van der Waals surface area contributed by atoms with Crippen LogP contribution in [0.5, 0.6) is 5.88 Å². The van der Waals surface area contributed by atoms with E-state index in [1.165, 1.54) is 19.4 Å². The highest BCUT2D eigenvalue weighted by atomic mass is 16.5. The number of carbonyl (C=O) groups is 1. The van der Waals surface area contributed by atoms with Crippen molar-refractivity contribution in [2.75, 3.05) is 35.7 Å². The van der Waals surface area contributed by atoms with Crippen LogP contribution in [-0.2, 0) is 11.8 Å². The van der Waals surface area contributed by atoms with E-state index in [9.17, 15) is 4.79 Å². The van der Waals surface area contributed by atoms with Crippen molar-refractivity contribution in [1.82, 2.24) is 24.7 Å². The van der Waals surface area contributed by atoms with Gasteiger partial charge < -0.3 is 20.3 Å². The van der Waals surface area contributed by atoms with E-state index < -0.39 is 0 Å². The Hall–Kier alpha value is -4.20. The first-order valence-electron chi connectivity index (χ1n) is 9.61. The summed E-state index contributed by atoms with van der Waals surface area (Å²) >= 11 is 0. The van der Waals surface area contributed by atoms with Gasteiger partial charge in [0.25, 0.3) is 0 Å². The predicted octanol–water partition coefficient (Wildman–Crippen LogP) is 1.45. The second-order valence-electron chi connectivity index (χ2n) is 7.03. The quantitative estimate of drug-likeness (QED) is 0.569.